The number of ether oxygens (including phenoxy) is 1. The smallest absolute Gasteiger partial charge is 0.119 e. The van der Waals surface area contributed by atoms with E-state index < -0.39 is 0 Å². The second kappa shape index (κ2) is 6.92. The minimum absolute atomic E-state index is 0.494. The zero-order chi connectivity index (χ0) is 13.7. The van der Waals surface area contributed by atoms with Crippen LogP contribution in [0.25, 0.3) is 0 Å². The van der Waals surface area contributed by atoms with Gasteiger partial charge in [-0.3, -0.25) is 0 Å². The van der Waals surface area contributed by atoms with Crippen molar-refractivity contribution in [2.75, 3.05) is 33.8 Å². The second-order valence-electron chi connectivity index (χ2n) is 5.87. The van der Waals surface area contributed by atoms with E-state index in [4.69, 9.17) is 4.74 Å². The van der Waals surface area contributed by atoms with Crippen molar-refractivity contribution in [3.05, 3.63) is 29.8 Å². The Morgan fingerprint density at radius 1 is 1.32 bits per heavy atom. The van der Waals surface area contributed by atoms with Gasteiger partial charge in [0.1, 0.15) is 12.4 Å². The molecule has 0 amide bonds. The molecule has 1 saturated heterocycles. The number of hydrogen-bond acceptors (Lipinski definition) is 3. The van der Waals surface area contributed by atoms with Gasteiger partial charge in [0.05, 0.1) is 0 Å². The predicted octanol–water partition coefficient (Wildman–Crippen LogP) is 2.69. The number of piperidine rings is 1. The summed E-state index contributed by atoms with van der Waals surface area (Å²) in [6.45, 7) is 5.12. The van der Waals surface area contributed by atoms with E-state index in [0.717, 1.165) is 31.4 Å². The Hall–Kier alpha value is -1.06. The first-order valence-electron chi connectivity index (χ1n) is 7.26. The van der Waals surface area contributed by atoms with Gasteiger partial charge in [-0.1, -0.05) is 19.1 Å². The minimum Gasteiger partial charge on any atom is -0.492 e. The summed E-state index contributed by atoms with van der Waals surface area (Å²) in [6, 6.07) is 9.02. The van der Waals surface area contributed by atoms with E-state index >= 15 is 0 Å². The highest BCUT2D eigenvalue weighted by atomic mass is 16.5. The summed E-state index contributed by atoms with van der Waals surface area (Å²) in [7, 11) is 4.12. The quantitative estimate of drug-likeness (QED) is 0.883. The van der Waals surface area contributed by atoms with Crippen molar-refractivity contribution in [1.82, 2.24) is 10.2 Å². The van der Waals surface area contributed by atoms with E-state index in [9.17, 15) is 0 Å². The van der Waals surface area contributed by atoms with Crippen molar-refractivity contribution in [3.8, 4) is 5.75 Å². The van der Waals surface area contributed by atoms with Crippen LogP contribution in [0.1, 0.15) is 31.4 Å². The van der Waals surface area contributed by atoms with Crippen LogP contribution in [0.15, 0.2) is 24.3 Å². The van der Waals surface area contributed by atoms with Gasteiger partial charge in [-0.15, -0.1) is 0 Å². The van der Waals surface area contributed by atoms with Crippen LogP contribution >= 0.6 is 0 Å². The van der Waals surface area contributed by atoms with Crippen LogP contribution in [0.3, 0.4) is 0 Å². The van der Waals surface area contributed by atoms with Gasteiger partial charge in [0.15, 0.2) is 0 Å². The monoisotopic (exact) mass is 262 g/mol. The Morgan fingerprint density at radius 3 is 2.84 bits per heavy atom. The molecule has 19 heavy (non-hydrogen) atoms. The van der Waals surface area contributed by atoms with E-state index in [1.54, 1.807) is 0 Å². The fourth-order valence-electron chi connectivity index (χ4n) is 2.45. The first-order chi connectivity index (χ1) is 9.15. The van der Waals surface area contributed by atoms with Gasteiger partial charge in [0.2, 0.25) is 0 Å². The molecule has 1 aliphatic heterocycles. The highest BCUT2D eigenvalue weighted by molar-refractivity contribution is 5.30. The Labute approximate surface area is 116 Å². The summed E-state index contributed by atoms with van der Waals surface area (Å²) >= 11 is 0. The molecule has 0 aliphatic carbocycles. The van der Waals surface area contributed by atoms with Crippen molar-refractivity contribution in [1.29, 1.82) is 0 Å². The van der Waals surface area contributed by atoms with Crippen molar-refractivity contribution >= 4 is 0 Å². The summed E-state index contributed by atoms with van der Waals surface area (Å²) in [6.07, 6.45) is 2.53. The van der Waals surface area contributed by atoms with E-state index in [2.05, 4.69) is 49.4 Å². The van der Waals surface area contributed by atoms with Crippen molar-refractivity contribution in [3.63, 3.8) is 0 Å². The van der Waals surface area contributed by atoms with E-state index in [-0.39, 0.29) is 0 Å². The van der Waals surface area contributed by atoms with Crippen LogP contribution in [-0.4, -0.2) is 38.7 Å². The van der Waals surface area contributed by atoms with Crippen LogP contribution in [0, 0.1) is 5.92 Å². The van der Waals surface area contributed by atoms with Crippen molar-refractivity contribution in [2.45, 2.75) is 25.8 Å². The first kappa shape index (κ1) is 14.4. The SMILES string of the molecule is CC1CCC(c2cccc(OCCN(C)C)c2)NC1. The third-order valence-electron chi connectivity index (χ3n) is 3.73. The molecule has 2 unspecified atom stereocenters. The Kier molecular flexibility index (Phi) is 5.23. The molecule has 106 valence electrons. The third-order valence-corrected chi connectivity index (χ3v) is 3.73. The van der Waals surface area contributed by atoms with Gasteiger partial charge < -0.3 is 15.0 Å². The number of hydrogen-bond donors (Lipinski definition) is 1. The van der Waals surface area contributed by atoms with E-state index in [1.165, 1.54) is 18.4 Å². The van der Waals surface area contributed by atoms with E-state index in [0.29, 0.717) is 6.04 Å². The van der Waals surface area contributed by atoms with Crippen LogP contribution in [0.4, 0.5) is 0 Å². The van der Waals surface area contributed by atoms with Gasteiger partial charge in [-0.05, 0) is 57.1 Å². The molecule has 0 radical (unpaired) electrons. The number of nitrogens with one attached hydrogen (secondary N) is 1. The highest BCUT2D eigenvalue weighted by Crippen LogP contribution is 2.27. The van der Waals surface area contributed by atoms with Crippen molar-refractivity contribution < 1.29 is 4.74 Å². The van der Waals surface area contributed by atoms with Gasteiger partial charge >= 0.3 is 0 Å². The van der Waals surface area contributed by atoms with Crippen molar-refractivity contribution in [2.24, 2.45) is 5.92 Å². The molecule has 1 fully saturated rings. The van der Waals surface area contributed by atoms with Crippen LogP contribution in [0.2, 0.25) is 0 Å². The molecule has 0 bridgehead atoms. The number of benzene rings is 1. The summed E-state index contributed by atoms with van der Waals surface area (Å²) in [5.74, 6) is 1.79. The lowest BCUT2D eigenvalue weighted by Gasteiger charge is -2.28. The fraction of sp³-hybridized carbons (Fsp3) is 0.625. The maximum atomic E-state index is 5.80. The molecule has 2 atom stereocenters. The molecule has 1 aromatic rings. The number of rotatable bonds is 5. The van der Waals surface area contributed by atoms with Gasteiger partial charge in [-0.25, -0.2) is 0 Å². The van der Waals surface area contributed by atoms with Gasteiger partial charge in [0, 0.05) is 12.6 Å². The third kappa shape index (κ3) is 4.51. The second-order valence-corrected chi connectivity index (χ2v) is 5.87. The maximum Gasteiger partial charge on any atom is 0.119 e. The molecule has 0 spiro atoms. The lowest BCUT2D eigenvalue weighted by atomic mass is 9.92. The lowest BCUT2D eigenvalue weighted by Crippen LogP contribution is -2.31. The summed E-state index contributed by atoms with van der Waals surface area (Å²) in [5, 5.41) is 3.62. The average molecular weight is 262 g/mol. The lowest BCUT2D eigenvalue weighted by molar-refractivity contribution is 0.260. The molecule has 1 aliphatic rings. The standard InChI is InChI=1S/C16H26N2O/c1-13-7-8-16(17-12-13)14-5-4-6-15(11-14)19-10-9-18(2)3/h4-6,11,13,16-17H,7-10,12H2,1-3H3. The summed E-state index contributed by atoms with van der Waals surface area (Å²) in [5.41, 5.74) is 1.36. The van der Waals surface area contributed by atoms with E-state index in [1.807, 2.05) is 6.07 Å². The molecular weight excluding hydrogens is 236 g/mol. The first-order valence-corrected chi connectivity index (χ1v) is 7.26. The molecule has 0 aromatic heterocycles. The fourth-order valence-corrected chi connectivity index (χ4v) is 2.45. The minimum atomic E-state index is 0.494. The van der Waals surface area contributed by atoms with Crippen LogP contribution < -0.4 is 10.1 Å². The number of likely N-dealkylation sites (N-methyl/N-ethyl adjacent to an activating group) is 1. The van der Waals surface area contributed by atoms with Crippen LogP contribution in [-0.2, 0) is 0 Å². The zero-order valence-electron chi connectivity index (χ0n) is 12.4. The average Bonchev–Trinajstić information content (AvgIpc) is 2.39. The zero-order valence-corrected chi connectivity index (χ0v) is 12.4. The molecule has 3 heteroatoms. The molecule has 2 rings (SSSR count). The molecule has 0 saturated carbocycles. The maximum absolute atomic E-state index is 5.80. The van der Waals surface area contributed by atoms with Gasteiger partial charge in [0.25, 0.3) is 0 Å². The Bertz CT molecular complexity index is 384. The summed E-state index contributed by atoms with van der Waals surface area (Å²) < 4.78 is 5.80. The Morgan fingerprint density at radius 2 is 2.16 bits per heavy atom. The molecule has 1 aromatic carbocycles. The largest absolute Gasteiger partial charge is 0.492 e. The molecule has 1 heterocycles. The molecule has 1 N–H and O–H groups in total. The molecule has 3 nitrogen and oxygen atoms in total. The number of nitrogens with zero attached hydrogens (tertiary/aromatic N) is 1. The Balaban J connectivity index is 1.91. The van der Waals surface area contributed by atoms with Gasteiger partial charge in [-0.2, -0.15) is 0 Å². The predicted molar refractivity (Wildman–Crippen MR) is 79.6 cm³/mol. The summed E-state index contributed by atoms with van der Waals surface area (Å²) in [4.78, 5) is 2.13. The topological polar surface area (TPSA) is 24.5 Å². The molecular formula is C16H26N2O. The highest BCUT2D eigenvalue weighted by Gasteiger charge is 2.18. The normalized spacial score (nSPS) is 23.6. The van der Waals surface area contributed by atoms with Crippen LogP contribution in [0.5, 0.6) is 5.75 Å².